The third-order valence-electron chi connectivity index (χ3n) is 3.84. The highest BCUT2D eigenvalue weighted by atomic mass is 19.4. The number of alkyl halides is 3. The summed E-state index contributed by atoms with van der Waals surface area (Å²) in [6, 6.07) is 4.80. The molecule has 1 aliphatic heterocycles. The van der Waals surface area contributed by atoms with E-state index in [4.69, 9.17) is 10.5 Å². The zero-order valence-corrected chi connectivity index (χ0v) is 14.1. The number of nitrogens with zero attached hydrogens (tertiary/aromatic N) is 1. The summed E-state index contributed by atoms with van der Waals surface area (Å²) in [7, 11) is 0. The number of hydrogen-bond acceptors (Lipinski definition) is 3. The van der Waals surface area contributed by atoms with Gasteiger partial charge in [-0.15, -0.1) is 0 Å². The summed E-state index contributed by atoms with van der Waals surface area (Å²) in [4.78, 5) is 13.8. The SMILES string of the molecule is CC(C)(C)OC(=O)N1C[C@@H](N)C[C@@H](c2ccc(C(F)(F)F)cc2)C1. The van der Waals surface area contributed by atoms with Gasteiger partial charge in [-0.05, 0) is 44.9 Å². The maximum absolute atomic E-state index is 12.7. The van der Waals surface area contributed by atoms with Crippen molar-refractivity contribution in [3.63, 3.8) is 0 Å². The zero-order valence-electron chi connectivity index (χ0n) is 14.1. The smallest absolute Gasteiger partial charge is 0.416 e. The van der Waals surface area contributed by atoms with Gasteiger partial charge >= 0.3 is 12.3 Å². The highest BCUT2D eigenvalue weighted by molar-refractivity contribution is 5.68. The van der Waals surface area contributed by atoms with Gasteiger partial charge in [0.2, 0.25) is 0 Å². The highest BCUT2D eigenvalue weighted by Gasteiger charge is 2.33. The van der Waals surface area contributed by atoms with E-state index in [0.29, 0.717) is 19.5 Å². The summed E-state index contributed by atoms with van der Waals surface area (Å²) < 4.78 is 43.3. The Morgan fingerprint density at radius 1 is 1.17 bits per heavy atom. The number of ether oxygens (including phenoxy) is 1. The third-order valence-corrected chi connectivity index (χ3v) is 3.84. The largest absolute Gasteiger partial charge is 0.444 e. The number of piperidine rings is 1. The van der Waals surface area contributed by atoms with Gasteiger partial charge in [0.15, 0.2) is 0 Å². The van der Waals surface area contributed by atoms with Crippen LogP contribution in [-0.4, -0.2) is 35.7 Å². The van der Waals surface area contributed by atoms with Gasteiger partial charge in [0.1, 0.15) is 5.60 Å². The number of benzene rings is 1. The van der Waals surface area contributed by atoms with Crippen LogP contribution in [0, 0.1) is 0 Å². The average molecular weight is 344 g/mol. The van der Waals surface area contributed by atoms with Crippen molar-refractivity contribution in [2.45, 2.75) is 50.9 Å². The normalized spacial score (nSPS) is 22.4. The summed E-state index contributed by atoms with van der Waals surface area (Å²) in [5, 5.41) is 0. The molecule has 1 aromatic carbocycles. The molecule has 1 amide bonds. The number of likely N-dealkylation sites (tertiary alicyclic amines) is 1. The fraction of sp³-hybridized carbons (Fsp3) is 0.588. The Labute approximate surface area is 139 Å². The molecule has 1 fully saturated rings. The van der Waals surface area contributed by atoms with Gasteiger partial charge in [0.25, 0.3) is 0 Å². The average Bonchev–Trinajstić information content (AvgIpc) is 2.44. The Morgan fingerprint density at radius 2 is 1.75 bits per heavy atom. The van der Waals surface area contributed by atoms with E-state index in [9.17, 15) is 18.0 Å². The summed E-state index contributed by atoms with van der Waals surface area (Å²) in [5.74, 6) is -0.108. The minimum absolute atomic E-state index is 0.108. The molecule has 4 nitrogen and oxygen atoms in total. The van der Waals surface area contributed by atoms with Gasteiger partial charge in [-0.3, -0.25) is 0 Å². The van der Waals surface area contributed by atoms with Crippen LogP contribution < -0.4 is 5.73 Å². The predicted octanol–water partition coefficient (Wildman–Crippen LogP) is 3.76. The lowest BCUT2D eigenvalue weighted by atomic mass is 9.88. The second-order valence-corrected chi connectivity index (χ2v) is 7.20. The van der Waals surface area contributed by atoms with Crippen molar-refractivity contribution in [1.82, 2.24) is 4.90 Å². The van der Waals surface area contributed by atoms with Crippen LogP contribution in [-0.2, 0) is 10.9 Å². The summed E-state index contributed by atoms with van der Waals surface area (Å²) in [6.07, 6.45) is -4.19. The van der Waals surface area contributed by atoms with E-state index in [1.807, 2.05) is 0 Å². The number of rotatable bonds is 1. The van der Waals surface area contributed by atoms with E-state index in [1.165, 1.54) is 17.0 Å². The Morgan fingerprint density at radius 3 is 2.25 bits per heavy atom. The molecule has 1 aliphatic rings. The van der Waals surface area contributed by atoms with Crippen LogP contribution in [0.15, 0.2) is 24.3 Å². The van der Waals surface area contributed by atoms with E-state index in [1.54, 1.807) is 20.8 Å². The van der Waals surface area contributed by atoms with Crippen molar-refractivity contribution in [3.8, 4) is 0 Å². The second-order valence-electron chi connectivity index (χ2n) is 7.20. The first-order valence-electron chi connectivity index (χ1n) is 7.86. The molecule has 0 aromatic heterocycles. The van der Waals surface area contributed by atoms with Crippen molar-refractivity contribution < 1.29 is 22.7 Å². The number of carbonyl (C=O) groups excluding carboxylic acids is 1. The van der Waals surface area contributed by atoms with E-state index >= 15 is 0 Å². The fourth-order valence-electron chi connectivity index (χ4n) is 2.80. The molecule has 1 heterocycles. The Balaban J connectivity index is 2.12. The van der Waals surface area contributed by atoms with Gasteiger partial charge in [-0.25, -0.2) is 4.79 Å². The van der Waals surface area contributed by atoms with Crippen molar-refractivity contribution >= 4 is 6.09 Å². The monoisotopic (exact) mass is 344 g/mol. The second kappa shape index (κ2) is 6.63. The minimum atomic E-state index is -4.36. The molecule has 134 valence electrons. The zero-order chi connectivity index (χ0) is 18.1. The molecular formula is C17H23F3N2O2. The lowest BCUT2D eigenvalue weighted by Crippen LogP contribution is -2.50. The Hall–Kier alpha value is -1.76. The molecule has 1 aromatic rings. The predicted molar refractivity (Wildman–Crippen MR) is 84.6 cm³/mol. The first kappa shape index (κ1) is 18.6. The Bertz CT molecular complexity index is 579. The quantitative estimate of drug-likeness (QED) is 0.844. The molecule has 0 saturated carbocycles. The van der Waals surface area contributed by atoms with Gasteiger partial charge in [-0.1, -0.05) is 12.1 Å². The van der Waals surface area contributed by atoms with Gasteiger partial charge in [0, 0.05) is 25.0 Å². The first-order chi connectivity index (χ1) is 11.0. The van der Waals surface area contributed by atoms with Crippen LogP contribution in [0.4, 0.5) is 18.0 Å². The van der Waals surface area contributed by atoms with Crippen LogP contribution in [0.25, 0.3) is 0 Å². The van der Waals surface area contributed by atoms with E-state index in [2.05, 4.69) is 0 Å². The molecule has 24 heavy (non-hydrogen) atoms. The molecule has 2 rings (SSSR count). The third kappa shape index (κ3) is 4.87. The fourth-order valence-corrected chi connectivity index (χ4v) is 2.80. The number of amides is 1. The molecule has 0 bridgehead atoms. The molecule has 0 spiro atoms. The van der Waals surface area contributed by atoms with E-state index in [0.717, 1.165) is 17.7 Å². The number of halogens is 3. The molecule has 0 radical (unpaired) electrons. The molecule has 1 saturated heterocycles. The van der Waals surface area contributed by atoms with Gasteiger partial charge in [-0.2, -0.15) is 13.2 Å². The van der Waals surface area contributed by atoms with Crippen LogP contribution in [0.5, 0.6) is 0 Å². The maximum atomic E-state index is 12.7. The minimum Gasteiger partial charge on any atom is -0.444 e. The lowest BCUT2D eigenvalue weighted by molar-refractivity contribution is -0.137. The molecule has 0 aliphatic carbocycles. The Kier molecular flexibility index (Phi) is 5.13. The summed E-state index contributed by atoms with van der Waals surface area (Å²) in [6.45, 7) is 6.10. The number of hydrogen-bond donors (Lipinski definition) is 1. The van der Waals surface area contributed by atoms with Crippen molar-refractivity contribution in [3.05, 3.63) is 35.4 Å². The van der Waals surface area contributed by atoms with Crippen LogP contribution in [0.3, 0.4) is 0 Å². The van der Waals surface area contributed by atoms with E-state index < -0.39 is 23.4 Å². The molecule has 7 heteroatoms. The molecule has 2 N–H and O–H groups in total. The molecule has 2 atom stereocenters. The van der Waals surface area contributed by atoms with Crippen LogP contribution in [0.1, 0.15) is 44.2 Å². The maximum Gasteiger partial charge on any atom is 0.416 e. The van der Waals surface area contributed by atoms with Crippen LogP contribution in [0.2, 0.25) is 0 Å². The highest BCUT2D eigenvalue weighted by Crippen LogP contribution is 2.32. The van der Waals surface area contributed by atoms with Crippen molar-refractivity contribution in [2.24, 2.45) is 5.73 Å². The van der Waals surface area contributed by atoms with Gasteiger partial charge < -0.3 is 15.4 Å². The summed E-state index contributed by atoms with van der Waals surface area (Å²) >= 11 is 0. The van der Waals surface area contributed by atoms with Crippen molar-refractivity contribution in [1.29, 1.82) is 0 Å². The van der Waals surface area contributed by atoms with Crippen molar-refractivity contribution in [2.75, 3.05) is 13.1 Å². The lowest BCUT2D eigenvalue weighted by Gasteiger charge is -2.37. The molecular weight excluding hydrogens is 321 g/mol. The van der Waals surface area contributed by atoms with Gasteiger partial charge in [0.05, 0.1) is 5.56 Å². The number of nitrogens with two attached hydrogens (primary N) is 1. The summed E-state index contributed by atoms with van der Waals surface area (Å²) in [5.41, 5.74) is 5.47. The first-order valence-corrected chi connectivity index (χ1v) is 7.86. The number of carbonyl (C=O) groups is 1. The van der Waals surface area contributed by atoms with E-state index in [-0.39, 0.29) is 12.0 Å². The van der Waals surface area contributed by atoms with Crippen LogP contribution >= 0.6 is 0 Å². The molecule has 0 unspecified atom stereocenters. The topological polar surface area (TPSA) is 55.6 Å². The standard InChI is InChI=1S/C17H23F3N2O2/c1-16(2,3)24-15(23)22-9-12(8-14(21)10-22)11-4-6-13(7-5-11)17(18,19)20/h4-7,12,14H,8-10,21H2,1-3H3/t12-,14+/m1/s1.